The molecule has 0 unspecified atom stereocenters. The van der Waals surface area contributed by atoms with Gasteiger partial charge in [-0.3, -0.25) is 10.1 Å². The number of hydrogen-bond acceptors (Lipinski definition) is 6. The number of rotatable bonds is 6. The summed E-state index contributed by atoms with van der Waals surface area (Å²) in [6.45, 7) is 3.48. The van der Waals surface area contributed by atoms with E-state index < -0.39 is 0 Å². The van der Waals surface area contributed by atoms with Gasteiger partial charge >= 0.3 is 5.69 Å². The van der Waals surface area contributed by atoms with E-state index in [9.17, 15) is 10.1 Å². The fraction of sp³-hybridized carbons (Fsp3) is 0.304. The van der Waals surface area contributed by atoms with Crippen LogP contribution in [0, 0.1) is 23.0 Å². The van der Waals surface area contributed by atoms with Crippen LogP contribution in [0.25, 0.3) is 0 Å². The van der Waals surface area contributed by atoms with Gasteiger partial charge in [-0.05, 0) is 55.4 Å². The van der Waals surface area contributed by atoms with Gasteiger partial charge in [-0.15, -0.1) is 0 Å². The van der Waals surface area contributed by atoms with E-state index in [-0.39, 0.29) is 16.4 Å². The Labute approximate surface area is 175 Å². The third kappa shape index (κ3) is 4.56. The molecule has 0 bridgehead atoms. The van der Waals surface area contributed by atoms with Gasteiger partial charge in [0.1, 0.15) is 6.33 Å². The van der Waals surface area contributed by atoms with Crippen LogP contribution >= 0.6 is 0 Å². The van der Waals surface area contributed by atoms with Crippen LogP contribution in [-0.2, 0) is 6.42 Å². The van der Waals surface area contributed by atoms with Crippen LogP contribution < -0.4 is 10.2 Å². The second-order valence-corrected chi connectivity index (χ2v) is 7.77. The van der Waals surface area contributed by atoms with Crippen molar-refractivity contribution in [3.63, 3.8) is 0 Å². The first kappa shape index (κ1) is 19.8. The summed E-state index contributed by atoms with van der Waals surface area (Å²) in [6.07, 6.45) is 4.41. The van der Waals surface area contributed by atoms with Crippen LogP contribution in [0.15, 0.2) is 60.9 Å². The second-order valence-electron chi connectivity index (χ2n) is 7.77. The molecule has 1 N–H and O–H groups in total. The van der Waals surface area contributed by atoms with Crippen LogP contribution in [0.5, 0.6) is 0 Å². The maximum absolute atomic E-state index is 11.9. The lowest BCUT2D eigenvalue weighted by Gasteiger charge is -2.32. The topological polar surface area (TPSA) is 84.2 Å². The highest BCUT2D eigenvalue weighted by atomic mass is 16.6. The Morgan fingerprint density at radius 2 is 1.87 bits per heavy atom. The quantitative estimate of drug-likeness (QED) is 0.466. The van der Waals surface area contributed by atoms with E-state index in [2.05, 4.69) is 39.6 Å². The molecule has 0 radical (unpaired) electrons. The summed E-state index contributed by atoms with van der Waals surface area (Å²) >= 11 is 0. The lowest BCUT2D eigenvalue weighted by atomic mass is 9.90. The fourth-order valence-electron chi connectivity index (χ4n) is 4.02. The van der Waals surface area contributed by atoms with E-state index in [0.29, 0.717) is 11.7 Å². The number of nitro groups is 1. The molecule has 154 valence electrons. The van der Waals surface area contributed by atoms with Gasteiger partial charge in [-0.1, -0.05) is 42.5 Å². The van der Waals surface area contributed by atoms with E-state index in [4.69, 9.17) is 0 Å². The molecule has 2 heterocycles. The number of benzene rings is 2. The minimum Gasteiger partial charge on any atom is -0.351 e. The maximum Gasteiger partial charge on any atom is 0.353 e. The van der Waals surface area contributed by atoms with E-state index in [0.717, 1.165) is 43.6 Å². The summed E-state index contributed by atoms with van der Waals surface area (Å²) in [7, 11) is 0. The Hall–Kier alpha value is -3.48. The lowest BCUT2D eigenvalue weighted by Crippen LogP contribution is -2.35. The molecule has 7 heteroatoms. The normalized spacial score (nSPS) is 14.5. The highest BCUT2D eigenvalue weighted by Crippen LogP contribution is 2.35. The number of hydrogen-bond donors (Lipinski definition) is 1. The van der Waals surface area contributed by atoms with Crippen molar-refractivity contribution >= 4 is 23.0 Å². The zero-order valence-electron chi connectivity index (χ0n) is 17.0. The minimum atomic E-state index is -0.385. The van der Waals surface area contributed by atoms with Crippen LogP contribution in [0.2, 0.25) is 0 Å². The second kappa shape index (κ2) is 8.90. The van der Waals surface area contributed by atoms with Crippen molar-refractivity contribution in [3.05, 3.63) is 82.2 Å². The number of aromatic nitrogens is 2. The summed E-state index contributed by atoms with van der Waals surface area (Å²) in [6, 6.07) is 18.2. The third-order valence-electron chi connectivity index (χ3n) is 5.55. The van der Waals surface area contributed by atoms with Gasteiger partial charge in [0.05, 0.1) is 4.92 Å². The van der Waals surface area contributed by atoms with E-state index in [1.54, 1.807) is 0 Å². The van der Waals surface area contributed by atoms with Crippen molar-refractivity contribution in [2.45, 2.75) is 26.2 Å². The molecule has 0 saturated carbocycles. The molecule has 2 aromatic carbocycles. The molecule has 0 atom stereocenters. The van der Waals surface area contributed by atoms with Gasteiger partial charge < -0.3 is 10.2 Å². The number of aryl methyl sites for hydroxylation is 1. The van der Waals surface area contributed by atoms with Crippen molar-refractivity contribution in [1.29, 1.82) is 0 Å². The predicted octanol–water partition coefficient (Wildman–Crippen LogP) is 4.90. The van der Waals surface area contributed by atoms with Gasteiger partial charge in [0.15, 0.2) is 0 Å². The van der Waals surface area contributed by atoms with Crippen LogP contribution in [0.1, 0.15) is 24.0 Å². The molecule has 1 aliphatic rings. The van der Waals surface area contributed by atoms with Gasteiger partial charge in [0.2, 0.25) is 11.6 Å². The van der Waals surface area contributed by atoms with Crippen molar-refractivity contribution in [1.82, 2.24) is 9.97 Å². The first-order valence-corrected chi connectivity index (χ1v) is 10.2. The number of nitrogens with one attached hydrogen (secondary N) is 1. The van der Waals surface area contributed by atoms with Crippen LogP contribution in [0.3, 0.4) is 0 Å². The molecular weight excluding hydrogens is 378 g/mol. The Balaban J connectivity index is 1.51. The smallest absolute Gasteiger partial charge is 0.351 e. The predicted molar refractivity (Wildman–Crippen MR) is 118 cm³/mol. The Bertz CT molecular complexity index is 1020. The minimum absolute atomic E-state index is 0.0690. The summed E-state index contributed by atoms with van der Waals surface area (Å²) in [5.74, 6) is 1.19. The zero-order chi connectivity index (χ0) is 20.9. The van der Waals surface area contributed by atoms with Gasteiger partial charge in [0, 0.05) is 18.8 Å². The lowest BCUT2D eigenvalue weighted by molar-refractivity contribution is -0.383. The molecule has 0 amide bonds. The Morgan fingerprint density at radius 1 is 1.10 bits per heavy atom. The molecule has 0 spiro atoms. The average Bonchev–Trinajstić information content (AvgIpc) is 2.75. The summed E-state index contributed by atoms with van der Waals surface area (Å²) in [5, 5.41) is 15.0. The highest BCUT2D eigenvalue weighted by molar-refractivity contribution is 5.74. The van der Waals surface area contributed by atoms with E-state index in [1.165, 1.54) is 11.9 Å². The van der Waals surface area contributed by atoms with Gasteiger partial charge in [-0.25, -0.2) is 9.97 Å². The molecule has 3 aromatic rings. The number of anilines is 3. The molecule has 1 aliphatic heterocycles. The number of piperidine rings is 1. The van der Waals surface area contributed by atoms with Crippen molar-refractivity contribution in [2.75, 3.05) is 23.3 Å². The van der Waals surface area contributed by atoms with E-state index in [1.807, 2.05) is 42.2 Å². The standard InChI is InChI=1S/C23H25N5O2/c1-17-6-5-9-20(14-17)26-22-21(28(29)30)23(25-16-24-22)27-12-10-19(11-13-27)15-18-7-3-2-4-8-18/h2-9,14,16,19H,10-13,15H2,1H3,(H,24,25,26). The van der Waals surface area contributed by atoms with Crippen LogP contribution in [-0.4, -0.2) is 28.0 Å². The molecule has 0 aliphatic carbocycles. The van der Waals surface area contributed by atoms with Crippen molar-refractivity contribution < 1.29 is 4.92 Å². The highest BCUT2D eigenvalue weighted by Gasteiger charge is 2.30. The molecule has 7 nitrogen and oxygen atoms in total. The molecular formula is C23H25N5O2. The summed E-state index contributed by atoms with van der Waals surface area (Å²) in [4.78, 5) is 22.0. The average molecular weight is 403 g/mol. The SMILES string of the molecule is Cc1cccc(Nc2ncnc(N3CCC(Cc4ccccc4)CC3)c2[N+](=O)[O-])c1. The Morgan fingerprint density at radius 3 is 2.57 bits per heavy atom. The molecule has 4 rings (SSSR count). The van der Waals surface area contributed by atoms with Gasteiger partial charge in [-0.2, -0.15) is 0 Å². The van der Waals surface area contributed by atoms with Crippen molar-refractivity contribution in [2.24, 2.45) is 5.92 Å². The largest absolute Gasteiger partial charge is 0.353 e. The van der Waals surface area contributed by atoms with Gasteiger partial charge in [0.25, 0.3) is 0 Å². The first-order chi connectivity index (χ1) is 14.6. The monoisotopic (exact) mass is 403 g/mol. The first-order valence-electron chi connectivity index (χ1n) is 10.2. The summed E-state index contributed by atoms with van der Waals surface area (Å²) in [5.41, 5.74) is 3.11. The Kier molecular flexibility index (Phi) is 5.88. The van der Waals surface area contributed by atoms with Crippen molar-refractivity contribution in [3.8, 4) is 0 Å². The molecule has 1 saturated heterocycles. The third-order valence-corrected chi connectivity index (χ3v) is 5.55. The summed E-state index contributed by atoms with van der Waals surface area (Å²) < 4.78 is 0. The maximum atomic E-state index is 11.9. The number of nitrogens with zero attached hydrogens (tertiary/aromatic N) is 4. The van der Waals surface area contributed by atoms with Crippen LogP contribution in [0.4, 0.5) is 23.0 Å². The molecule has 1 aromatic heterocycles. The zero-order valence-corrected chi connectivity index (χ0v) is 17.0. The fourth-order valence-corrected chi connectivity index (χ4v) is 4.02. The molecule has 1 fully saturated rings. The van der Waals surface area contributed by atoms with E-state index >= 15 is 0 Å². The molecule has 30 heavy (non-hydrogen) atoms.